The lowest BCUT2D eigenvalue weighted by Crippen LogP contribution is -2.51. The maximum absolute atomic E-state index is 12.8. The van der Waals surface area contributed by atoms with Crippen molar-refractivity contribution in [3.8, 4) is 0 Å². The molecule has 2 atom stereocenters. The summed E-state index contributed by atoms with van der Waals surface area (Å²) in [6.45, 7) is 6.92. The Morgan fingerprint density at radius 2 is 1.88 bits per heavy atom. The number of carbonyl (C=O) groups excluding carboxylic acids is 1. The fourth-order valence-corrected chi connectivity index (χ4v) is 3.74. The summed E-state index contributed by atoms with van der Waals surface area (Å²) in [5, 5.41) is 0.340. The number of hydrogen-bond donors (Lipinski definition) is 1. The van der Waals surface area contributed by atoms with Crippen molar-refractivity contribution < 1.29 is 9.53 Å². The zero-order valence-electron chi connectivity index (χ0n) is 14.1. The van der Waals surface area contributed by atoms with Crippen LogP contribution in [0.4, 0.5) is 11.8 Å². The first-order valence-corrected chi connectivity index (χ1v) is 8.79. The lowest BCUT2D eigenvalue weighted by molar-refractivity contribution is -0.148. The van der Waals surface area contributed by atoms with E-state index in [0.29, 0.717) is 18.2 Å². The lowest BCUT2D eigenvalue weighted by Gasteiger charge is -2.39. The molecule has 2 aliphatic heterocycles. The fraction of sp³-hybridized carbons (Fsp3) is 0.688. The highest BCUT2D eigenvalue weighted by Crippen LogP contribution is 2.26. The number of nitrogens with zero attached hydrogens (tertiary/aromatic N) is 4. The SMILES string of the molecule is CC1CN(C(=O)C2CCN(c3cc(Cl)nc(N)n3)CC2)CC(C)O1. The molecule has 1 aromatic rings. The van der Waals surface area contributed by atoms with Crippen LogP contribution in [0.3, 0.4) is 0 Å². The van der Waals surface area contributed by atoms with E-state index in [1.54, 1.807) is 6.07 Å². The minimum atomic E-state index is 0.0633. The maximum Gasteiger partial charge on any atom is 0.225 e. The molecular formula is C16H24ClN5O2. The first kappa shape index (κ1) is 17.2. The van der Waals surface area contributed by atoms with E-state index in [2.05, 4.69) is 14.9 Å². The summed E-state index contributed by atoms with van der Waals surface area (Å²) in [6, 6.07) is 1.71. The summed E-state index contributed by atoms with van der Waals surface area (Å²) in [5.41, 5.74) is 5.66. The summed E-state index contributed by atoms with van der Waals surface area (Å²) >= 11 is 5.95. The first-order valence-electron chi connectivity index (χ1n) is 8.41. The lowest BCUT2D eigenvalue weighted by atomic mass is 9.94. The van der Waals surface area contributed by atoms with Gasteiger partial charge in [-0.1, -0.05) is 11.6 Å². The standard InChI is InChI=1S/C16H24ClN5O2/c1-10-8-22(9-11(2)24-10)15(23)12-3-5-21(6-4-12)14-7-13(17)19-16(18)20-14/h7,10-12H,3-6,8-9H2,1-2H3,(H2,18,19,20). The van der Waals surface area contributed by atoms with Gasteiger partial charge in [-0.3, -0.25) is 4.79 Å². The topological polar surface area (TPSA) is 84.6 Å². The van der Waals surface area contributed by atoms with Gasteiger partial charge in [0.25, 0.3) is 0 Å². The summed E-state index contributed by atoms with van der Waals surface area (Å²) in [4.78, 5) is 25.0. The van der Waals surface area contributed by atoms with Crippen molar-refractivity contribution in [2.24, 2.45) is 5.92 Å². The van der Waals surface area contributed by atoms with Crippen molar-refractivity contribution in [1.82, 2.24) is 14.9 Å². The second-order valence-corrected chi connectivity index (χ2v) is 7.06. The number of carbonyl (C=O) groups is 1. The van der Waals surface area contributed by atoms with Gasteiger partial charge in [-0.2, -0.15) is 4.98 Å². The molecule has 24 heavy (non-hydrogen) atoms. The molecule has 2 unspecified atom stereocenters. The molecule has 0 saturated carbocycles. The van der Waals surface area contributed by atoms with Crippen LogP contribution in [-0.4, -0.2) is 59.2 Å². The van der Waals surface area contributed by atoms with Crippen molar-refractivity contribution in [3.63, 3.8) is 0 Å². The van der Waals surface area contributed by atoms with Crippen LogP contribution in [0.15, 0.2) is 6.07 Å². The van der Waals surface area contributed by atoms with Gasteiger partial charge < -0.3 is 20.3 Å². The summed E-state index contributed by atoms with van der Waals surface area (Å²) < 4.78 is 5.71. The third-order valence-corrected chi connectivity index (χ3v) is 4.79. The quantitative estimate of drug-likeness (QED) is 0.812. The molecule has 1 aromatic heterocycles. The number of amides is 1. The van der Waals surface area contributed by atoms with E-state index in [0.717, 1.165) is 31.7 Å². The maximum atomic E-state index is 12.8. The minimum absolute atomic E-state index is 0.0633. The average molecular weight is 354 g/mol. The van der Waals surface area contributed by atoms with Gasteiger partial charge in [0.15, 0.2) is 0 Å². The van der Waals surface area contributed by atoms with Gasteiger partial charge >= 0.3 is 0 Å². The number of morpholine rings is 1. The number of anilines is 2. The Morgan fingerprint density at radius 1 is 1.25 bits per heavy atom. The average Bonchev–Trinajstić information content (AvgIpc) is 2.52. The molecule has 8 heteroatoms. The number of piperidine rings is 1. The zero-order valence-corrected chi connectivity index (χ0v) is 14.9. The van der Waals surface area contributed by atoms with E-state index in [4.69, 9.17) is 22.1 Å². The van der Waals surface area contributed by atoms with Crippen LogP contribution in [0.25, 0.3) is 0 Å². The van der Waals surface area contributed by atoms with E-state index in [1.165, 1.54) is 0 Å². The Balaban J connectivity index is 1.59. The number of halogens is 1. The Bertz CT molecular complexity index is 576. The van der Waals surface area contributed by atoms with Gasteiger partial charge in [0.1, 0.15) is 11.0 Å². The van der Waals surface area contributed by atoms with Gasteiger partial charge in [0.2, 0.25) is 11.9 Å². The smallest absolute Gasteiger partial charge is 0.225 e. The Labute approximate surface area is 147 Å². The van der Waals surface area contributed by atoms with Crippen LogP contribution in [0.2, 0.25) is 5.15 Å². The highest BCUT2D eigenvalue weighted by atomic mass is 35.5. The molecule has 0 radical (unpaired) electrons. The van der Waals surface area contributed by atoms with Gasteiger partial charge in [0, 0.05) is 38.2 Å². The van der Waals surface area contributed by atoms with Crippen LogP contribution >= 0.6 is 11.6 Å². The van der Waals surface area contributed by atoms with E-state index in [1.807, 2.05) is 18.7 Å². The van der Waals surface area contributed by atoms with E-state index in [9.17, 15) is 4.79 Å². The van der Waals surface area contributed by atoms with Crippen molar-refractivity contribution in [2.45, 2.75) is 38.9 Å². The molecule has 3 heterocycles. The predicted molar refractivity (Wildman–Crippen MR) is 93.0 cm³/mol. The Hall–Kier alpha value is -1.60. The minimum Gasteiger partial charge on any atom is -0.372 e. The van der Waals surface area contributed by atoms with Gasteiger partial charge in [-0.15, -0.1) is 0 Å². The predicted octanol–water partition coefficient (Wildman–Crippen LogP) is 1.56. The van der Waals surface area contributed by atoms with Crippen molar-refractivity contribution in [3.05, 3.63) is 11.2 Å². The van der Waals surface area contributed by atoms with Crippen LogP contribution in [0, 0.1) is 5.92 Å². The van der Waals surface area contributed by atoms with E-state index in [-0.39, 0.29) is 30.0 Å². The van der Waals surface area contributed by atoms with Crippen molar-refractivity contribution >= 4 is 29.3 Å². The van der Waals surface area contributed by atoms with Crippen LogP contribution in [-0.2, 0) is 9.53 Å². The largest absolute Gasteiger partial charge is 0.372 e. The molecule has 0 bridgehead atoms. The fourth-order valence-electron chi connectivity index (χ4n) is 3.56. The molecule has 3 rings (SSSR count). The highest BCUT2D eigenvalue weighted by Gasteiger charge is 2.32. The molecule has 0 spiro atoms. The number of nitrogens with two attached hydrogens (primary N) is 1. The van der Waals surface area contributed by atoms with Crippen LogP contribution in [0.1, 0.15) is 26.7 Å². The molecule has 2 saturated heterocycles. The molecular weight excluding hydrogens is 330 g/mol. The van der Waals surface area contributed by atoms with E-state index >= 15 is 0 Å². The van der Waals surface area contributed by atoms with Crippen LogP contribution < -0.4 is 10.6 Å². The molecule has 1 amide bonds. The summed E-state index contributed by atoms with van der Waals surface area (Å²) in [5.74, 6) is 1.21. The Morgan fingerprint density at radius 3 is 2.46 bits per heavy atom. The number of rotatable bonds is 2. The number of nitrogen functional groups attached to an aromatic ring is 1. The third-order valence-electron chi connectivity index (χ3n) is 4.60. The van der Waals surface area contributed by atoms with E-state index < -0.39 is 0 Å². The monoisotopic (exact) mass is 353 g/mol. The first-order chi connectivity index (χ1) is 11.4. The summed E-state index contributed by atoms with van der Waals surface area (Å²) in [6.07, 6.45) is 1.81. The van der Waals surface area contributed by atoms with Crippen molar-refractivity contribution in [2.75, 3.05) is 36.8 Å². The molecule has 0 aromatic carbocycles. The van der Waals surface area contributed by atoms with Gasteiger partial charge in [0.05, 0.1) is 12.2 Å². The number of ether oxygens (including phenoxy) is 1. The number of aromatic nitrogens is 2. The highest BCUT2D eigenvalue weighted by molar-refractivity contribution is 6.29. The molecule has 2 aliphatic rings. The normalized spacial score (nSPS) is 25.8. The molecule has 0 aliphatic carbocycles. The zero-order chi connectivity index (χ0) is 17.3. The van der Waals surface area contributed by atoms with Gasteiger partial charge in [-0.05, 0) is 26.7 Å². The molecule has 2 N–H and O–H groups in total. The third kappa shape index (κ3) is 3.89. The molecule has 7 nitrogen and oxygen atoms in total. The van der Waals surface area contributed by atoms with Crippen LogP contribution in [0.5, 0.6) is 0 Å². The second kappa shape index (κ2) is 7.11. The van der Waals surface area contributed by atoms with Gasteiger partial charge in [-0.25, -0.2) is 4.98 Å². The Kier molecular flexibility index (Phi) is 5.10. The molecule has 132 valence electrons. The second-order valence-electron chi connectivity index (χ2n) is 6.67. The summed E-state index contributed by atoms with van der Waals surface area (Å²) in [7, 11) is 0. The molecule has 2 fully saturated rings. The number of hydrogen-bond acceptors (Lipinski definition) is 6. The van der Waals surface area contributed by atoms with Crippen molar-refractivity contribution in [1.29, 1.82) is 0 Å².